The van der Waals surface area contributed by atoms with Crippen LogP contribution in [-0.4, -0.2) is 53.4 Å². The number of carbonyl (C=O) groups is 1. The van der Waals surface area contributed by atoms with Crippen molar-refractivity contribution in [2.24, 2.45) is 0 Å². The van der Waals surface area contributed by atoms with Gasteiger partial charge in [-0.05, 0) is 25.1 Å². The fourth-order valence-corrected chi connectivity index (χ4v) is 2.53. The molecule has 19 heavy (non-hydrogen) atoms. The Hall–Kier alpha value is -1.33. The summed E-state index contributed by atoms with van der Waals surface area (Å²) in [5.74, 6) is 0.257. The highest BCUT2D eigenvalue weighted by molar-refractivity contribution is 6.29. The minimum atomic E-state index is -0.0212. The first-order valence-corrected chi connectivity index (χ1v) is 6.92. The third-order valence-electron chi connectivity index (χ3n) is 3.26. The SMILES string of the molecule is CCCN1CCN(C(=O)c2cc(N)nc(Cl)c2)CC1. The molecule has 0 aromatic carbocycles. The molecule has 0 radical (unpaired) electrons. The minimum absolute atomic E-state index is 0.0212. The van der Waals surface area contributed by atoms with E-state index >= 15 is 0 Å². The number of nitrogens with zero attached hydrogens (tertiary/aromatic N) is 3. The Bertz CT molecular complexity index is 438. The minimum Gasteiger partial charge on any atom is -0.384 e. The van der Waals surface area contributed by atoms with Crippen LogP contribution < -0.4 is 5.73 Å². The number of piperazine rings is 1. The molecule has 0 unspecified atom stereocenters. The van der Waals surface area contributed by atoms with Gasteiger partial charge in [0.15, 0.2) is 0 Å². The van der Waals surface area contributed by atoms with Crippen molar-refractivity contribution in [3.63, 3.8) is 0 Å². The van der Waals surface area contributed by atoms with Crippen LogP contribution in [0.5, 0.6) is 0 Å². The van der Waals surface area contributed by atoms with E-state index in [1.807, 2.05) is 4.90 Å². The number of pyridine rings is 1. The first-order chi connectivity index (χ1) is 9.10. The van der Waals surface area contributed by atoms with E-state index in [4.69, 9.17) is 17.3 Å². The predicted molar refractivity (Wildman–Crippen MR) is 76.3 cm³/mol. The number of halogens is 1. The van der Waals surface area contributed by atoms with E-state index in [9.17, 15) is 4.79 Å². The summed E-state index contributed by atoms with van der Waals surface area (Å²) < 4.78 is 0. The van der Waals surface area contributed by atoms with Gasteiger partial charge in [0.2, 0.25) is 0 Å². The van der Waals surface area contributed by atoms with Crippen LogP contribution in [0.2, 0.25) is 5.15 Å². The van der Waals surface area contributed by atoms with Gasteiger partial charge in [-0.15, -0.1) is 0 Å². The number of anilines is 1. The maximum Gasteiger partial charge on any atom is 0.254 e. The van der Waals surface area contributed by atoms with Crippen LogP contribution in [0.15, 0.2) is 12.1 Å². The van der Waals surface area contributed by atoms with E-state index in [1.54, 1.807) is 12.1 Å². The number of carbonyl (C=O) groups excluding carboxylic acids is 1. The maximum absolute atomic E-state index is 12.3. The first-order valence-electron chi connectivity index (χ1n) is 6.55. The Morgan fingerprint density at radius 3 is 2.63 bits per heavy atom. The van der Waals surface area contributed by atoms with Gasteiger partial charge >= 0.3 is 0 Å². The molecule has 2 rings (SSSR count). The molecule has 104 valence electrons. The van der Waals surface area contributed by atoms with Crippen LogP contribution in [-0.2, 0) is 0 Å². The van der Waals surface area contributed by atoms with Crippen molar-refractivity contribution >= 4 is 23.3 Å². The van der Waals surface area contributed by atoms with E-state index in [1.165, 1.54) is 0 Å². The molecule has 1 aliphatic heterocycles. The molecule has 1 amide bonds. The van der Waals surface area contributed by atoms with Crippen LogP contribution in [0, 0.1) is 0 Å². The van der Waals surface area contributed by atoms with Gasteiger partial charge in [-0.25, -0.2) is 4.98 Å². The van der Waals surface area contributed by atoms with E-state index < -0.39 is 0 Å². The maximum atomic E-state index is 12.3. The van der Waals surface area contributed by atoms with Crippen LogP contribution in [0.4, 0.5) is 5.82 Å². The number of rotatable bonds is 3. The molecule has 0 atom stereocenters. The van der Waals surface area contributed by atoms with E-state index in [0.29, 0.717) is 5.56 Å². The summed E-state index contributed by atoms with van der Waals surface area (Å²) in [5.41, 5.74) is 6.13. The first kappa shape index (κ1) is 14.1. The summed E-state index contributed by atoms with van der Waals surface area (Å²) in [7, 11) is 0. The number of aromatic nitrogens is 1. The molecular formula is C13H19ClN4O. The largest absolute Gasteiger partial charge is 0.384 e. The zero-order valence-corrected chi connectivity index (χ0v) is 11.9. The average Bonchev–Trinajstić information content (AvgIpc) is 2.38. The summed E-state index contributed by atoms with van der Waals surface area (Å²) in [4.78, 5) is 20.4. The lowest BCUT2D eigenvalue weighted by Crippen LogP contribution is -2.48. The summed E-state index contributed by atoms with van der Waals surface area (Å²) in [6.45, 7) is 6.61. The Labute approximate surface area is 118 Å². The van der Waals surface area contributed by atoms with Crippen LogP contribution in [0.25, 0.3) is 0 Å². The van der Waals surface area contributed by atoms with Gasteiger partial charge in [-0.2, -0.15) is 0 Å². The third-order valence-corrected chi connectivity index (χ3v) is 3.45. The average molecular weight is 283 g/mol. The lowest BCUT2D eigenvalue weighted by molar-refractivity contribution is 0.0637. The Morgan fingerprint density at radius 1 is 1.37 bits per heavy atom. The lowest BCUT2D eigenvalue weighted by Gasteiger charge is -2.34. The van der Waals surface area contributed by atoms with Crippen molar-refractivity contribution < 1.29 is 4.79 Å². The molecule has 0 saturated carbocycles. The van der Waals surface area contributed by atoms with E-state index in [0.717, 1.165) is 39.1 Å². The highest BCUT2D eigenvalue weighted by Crippen LogP contribution is 2.15. The summed E-state index contributed by atoms with van der Waals surface area (Å²) in [6, 6.07) is 3.14. The van der Waals surface area contributed by atoms with Crippen molar-refractivity contribution in [2.45, 2.75) is 13.3 Å². The lowest BCUT2D eigenvalue weighted by atomic mass is 10.2. The summed E-state index contributed by atoms with van der Waals surface area (Å²) in [6.07, 6.45) is 1.14. The van der Waals surface area contributed by atoms with E-state index in [-0.39, 0.29) is 16.9 Å². The zero-order chi connectivity index (χ0) is 13.8. The van der Waals surface area contributed by atoms with Crippen molar-refractivity contribution in [3.8, 4) is 0 Å². The predicted octanol–water partition coefficient (Wildman–Crippen LogP) is 1.48. The molecular weight excluding hydrogens is 264 g/mol. The zero-order valence-electron chi connectivity index (χ0n) is 11.1. The number of nitrogen functional groups attached to an aromatic ring is 1. The molecule has 5 nitrogen and oxygen atoms in total. The quantitative estimate of drug-likeness (QED) is 0.853. The molecule has 1 saturated heterocycles. The van der Waals surface area contributed by atoms with Gasteiger partial charge in [0, 0.05) is 31.7 Å². The van der Waals surface area contributed by atoms with Gasteiger partial charge in [-0.1, -0.05) is 18.5 Å². The number of hydrogen-bond acceptors (Lipinski definition) is 4. The van der Waals surface area contributed by atoms with Gasteiger partial charge in [0.05, 0.1) is 0 Å². The topological polar surface area (TPSA) is 62.5 Å². The van der Waals surface area contributed by atoms with Gasteiger partial charge < -0.3 is 10.6 Å². The fourth-order valence-electron chi connectivity index (χ4n) is 2.31. The summed E-state index contributed by atoms with van der Waals surface area (Å²) in [5, 5.41) is 0.257. The molecule has 6 heteroatoms. The Kier molecular flexibility index (Phi) is 4.61. The molecule has 0 bridgehead atoms. The normalized spacial score (nSPS) is 16.6. The van der Waals surface area contributed by atoms with E-state index in [2.05, 4.69) is 16.8 Å². The second-order valence-electron chi connectivity index (χ2n) is 4.74. The molecule has 0 spiro atoms. The molecule has 1 aromatic heterocycles. The van der Waals surface area contributed by atoms with Crippen LogP contribution in [0.3, 0.4) is 0 Å². The second-order valence-corrected chi connectivity index (χ2v) is 5.12. The molecule has 1 aromatic rings. The van der Waals surface area contributed by atoms with Crippen LogP contribution >= 0.6 is 11.6 Å². The fraction of sp³-hybridized carbons (Fsp3) is 0.538. The highest BCUT2D eigenvalue weighted by atomic mass is 35.5. The monoisotopic (exact) mass is 282 g/mol. The third kappa shape index (κ3) is 3.58. The Morgan fingerprint density at radius 2 is 2.05 bits per heavy atom. The van der Waals surface area contributed by atoms with Crippen molar-refractivity contribution in [2.75, 3.05) is 38.5 Å². The van der Waals surface area contributed by atoms with Gasteiger partial charge in [0.25, 0.3) is 5.91 Å². The standard InChI is InChI=1S/C13H19ClN4O/c1-2-3-17-4-6-18(7-5-17)13(19)10-8-11(14)16-12(15)9-10/h8-9H,2-7H2,1H3,(H2,15,16). The van der Waals surface area contributed by atoms with Crippen molar-refractivity contribution in [3.05, 3.63) is 22.8 Å². The molecule has 1 aliphatic rings. The molecule has 0 aliphatic carbocycles. The van der Waals surface area contributed by atoms with Crippen molar-refractivity contribution in [1.82, 2.24) is 14.8 Å². The van der Waals surface area contributed by atoms with Gasteiger partial charge in [0.1, 0.15) is 11.0 Å². The smallest absolute Gasteiger partial charge is 0.254 e. The number of amides is 1. The number of hydrogen-bond donors (Lipinski definition) is 1. The Balaban J connectivity index is 2.01. The molecule has 1 fully saturated rings. The van der Waals surface area contributed by atoms with Crippen molar-refractivity contribution in [1.29, 1.82) is 0 Å². The highest BCUT2D eigenvalue weighted by Gasteiger charge is 2.22. The summed E-state index contributed by atoms with van der Waals surface area (Å²) >= 11 is 5.83. The molecule has 2 heterocycles. The van der Waals surface area contributed by atoms with Crippen LogP contribution in [0.1, 0.15) is 23.7 Å². The van der Waals surface area contributed by atoms with Gasteiger partial charge in [-0.3, -0.25) is 9.69 Å². The number of nitrogens with two attached hydrogens (primary N) is 1. The second kappa shape index (κ2) is 6.21. The molecule has 2 N–H and O–H groups in total.